The highest BCUT2D eigenvalue weighted by Gasteiger charge is 2.22. The normalized spacial score (nSPS) is 19.4. The first-order chi connectivity index (χ1) is 8.18. The Morgan fingerprint density at radius 1 is 1.29 bits per heavy atom. The number of aromatic nitrogens is 1. The van der Waals surface area contributed by atoms with Crippen molar-refractivity contribution in [1.29, 1.82) is 0 Å². The van der Waals surface area contributed by atoms with Gasteiger partial charge in [0.05, 0.1) is 17.3 Å². The third-order valence-corrected chi connectivity index (χ3v) is 3.86. The van der Waals surface area contributed by atoms with Crippen LogP contribution in [0.2, 0.25) is 0 Å². The lowest BCUT2D eigenvalue weighted by Gasteiger charge is -2.23. The molecule has 1 N–H and O–H groups in total. The number of hydrogen-bond acceptors (Lipinski definition) is 2. The molecule has 0 fully saturated rings. The van der Waals surface area contributed by atoms with Crippen molar-refractivity contribution in [2.45, 2.75) is 39.2 Å². The SMILES string of the molecule is Cc1c2c(nc3c(C)cccc13)C(O)CCC2. The molecule has 3 rings (SSSR count). The summed E-state index contributed by atoms with van der Waals surface area (Å²) in [5.74, 6) is 0. The molecule has 1 atom stereocenters. The third kappa shape index (κ3) is 1.55. The molecular formula is C15H17NO. The van der Waals surface area contributed by atoms with Crippen molar-refractivity contribution in [3.8, 4) is 0 Å². The van der Waals surface area contributed by atoms with Crippen LogP contribution in [0.5, 0.6) is 0 Å². The van der Waals surface area contributed by atoms with Gasteiger partial charge in [0.1, 0.15) is 0 Å². The second-order valence-electron chi connectivity index (χ2n) is 4.98. The molecule has 0 saturated heterocycles. The molecule has 2 nitrogen and oxygen atoms in total. The average molecular weight is 227 g/mol. The third-order valence-electron chi connectivity index (χ3n) is 3.86. The highest BCUT2D eigenvalue weighted by Crippen LogP contribution is 2.34. The largest absolute Gasteiger partial charge is 0.387 e. The van der Waals surface area contributed by atoms with Gasteiger partial charge in [-0.2, -0.15) is 0 Å². The summed E-state index contributed by atoms with van der Waals surface area (Å²) in [5, 5.41) is 11.3. The van der Waals surface area contributed by atoms with E-state index in [1.165, 1.54) is 22.1 Å². The average Bonchev–Trinajstić information content (AvgIpc) is 2.32. The van der Waals surface area contributed by atoms with Crippen LogP contribution in [0.4, 0.5) is 0 Å². The second-order valence-corrected chi connectivity index (χ2v) is 4.98. The molecule has 88 valence electrons. The van der Waals surface area contributed by atoms with E-state index in [4.69, 9.17) is 4.98 Å². The molecule has 1 heterocycles. The zero-order valence-corrected chi connectivity index (χ0v) is 10.3. The summed E-state index contributed by atoms with van der Waals surface area (Å²) in [4.78, 5) is 4.71. The summed E-state index contributed by atoms with van der Waals surface area (Å²) in [5.41, 5.74) is 5.71. The first kappa shape index (κ1) is 10.7. The number of rotatable bonds is 0. The summed E-state index contributed by atoms with van der Waals surface area (Å²) in [7, 11) is 0. The molecule has 1 aromatic heterocycles. The Bertz CT molecular complexity index is 589. The molecule has 1 aliphatic rings. The van der Waals surface area contributed by atoms with Crippen molar-refractivity contribution in [2.24, 2.45) is 0 Å². The van der Waals surface area contributed by atoms with Gasteiger partial charge in [-0.05, 0) is 49.8 Å². The monoisotopic (exact) mass is 227 g/mol. The van der Waals surface area contributed by atoms with Crippen LogP contribution >= 0.6 is 0 Å². The second kappa shape index (κ2) is 3.81. The Morgan fingerprint density at radius 2 is 2.12 bits per heavy atom. The van der Waals surface area contributed by atoms with Crippen LogP contribution in [0, 0.1) is 13.8 Å². The maximum absolute atomic E-state index is 10.1. The fourth-order valence-corrected chi connectivity index (χ4v) is 2.85. The standard InChI is InChI=1S/C15H17NO/c1-9-5-3-6-11-10(2)12-7-4-8-13(17)15(12)16-14(9)11/h3,5-6,13,17H,4,7-8H2,1-2H3. The smallest absolute Gasteiger partial charge is 0.0963 e. The summed E-state index contributed by atoms with van der Waals surface area (Å²) < 4.78 is 0. The van der Waals surface area contributed by atoms with Crippen molar-refractivity contribution < 1.29 is 5.11 Å². The molecule has 0 aliphatic heterocycles. The predicted octanol–water partition coefficient (Wildman–Crippen LogP) is 3.22. The molecule has 0 bridgehead atoms. The van der Waals surface area contributed by atoms with Crippen molar-refractivity contribution in [3.05, 3.63) is 40.6 Å². The zero-order valence-electron chi connectivity index (χ0n) is 10.3. The van der Waals surface area contributed by atoms with Gasteiger partial charge in [-0.15, -0.1) is 0 Å². The molecule has 2 aromatic rings. The first-order valence-corrected chi connectivity index (χ1v) is 6.25. The van der Waals surface area contributed by atoms with Gasteiger partial charge in [0.15, 0.2) is 0 Å². The molecular weight excluding hydrogens is 210 g/mol. The molecule has 0 saturated carbocycles. The number of para-hydroxylation sites is 1. The van der Waals surface area contributed by atoms with Gasteiger partial charge < -0.3 is 5.11 Å². The van der Waals surface area contributed by atoms with E-state index in [0.29, 0.717) is 0 Å². The highest BCUT2D eigenvalue weighted by molar-refractivity contribution is 5.86. The Morgan fingerprint density at radius 3 is 2.94 bits per heavy atom. The van der Waals surface area contributed by atoms with Gasteiger partial charge in [0.25, 0.3) is 0 Å². The molecule has 0 radical (unpaired) electrons. The summed E-state index contributed by atoms with van der Waals surface area (Å²) in [6, 6.07) is 6.29. The Hall–Kier alpha value is -1.41. The van der Waals surface area contributed by atoms with E-state index >= 15 is 0 Å². The molecule has 2 heteroatoms. The quantitative estimate of drug-likeness (QED) is 0.749. The van der Waals surface area contributed by atoms with Gasteiger partial charge in [-0.1, -0.05) is 18.2 Å². The Balaban J connectivity index is 2.39. The number of aliphatic hydroxyl groups is 1. The van der Waals surface area contributed by atoms with Crippen molar-refractivity contribution in [2.75, 3.05) is 0 Å². The van der Waals surface area contributed by atoms with E-state index in [9.17, 15) is 5.11 Å². The fourth-order valence-electron chi connectivity index (χ4n) is 2.85. The van der Waals surface area contributed by atoms with Crippen molar-refractivity contribution in [3.63, 3.8) is 0 Å². The predicted molar refractivity (Wildman–Crippen MR) is 69.1 cm³/mol. The Labute approximate surface area is 101 Å². The van der Waals surface area contributed by atoms with Crippen LogP contribution < -0.4 is 0 Å². The van der Waals surface area contributed by atoms with E-state index in [-0.39, 0.29) is 6.10 Å². The summed E-state index contributed by atoms with van der Waals surface area (Å²) in [6.45, 7) is 4.23. The number of benzene rings is 1. The van der Waals surface area contributed by atoms with Crippen LogP contribution in [0.15, 0.2) is 18.2 Å². The summed E-state index contributed by atoms with van der Waals surface area (Å²) >= 11 is 0. The van der Waals surface area contributed by atoms with E-state index in [1.54, 1.807) is 0 Å². The van der Waals surface area contributed by atoms with Crippen LogP contribution in [-0.4, -0.2) is 10.1 Å². The van der Waals surface area contributed by atoms with Gasteiger partial charge in [-0.3, -0.25) is 0 Å². The first-order valence-electron chi connectivity index (χ1n) is 6.25. The lowest BCUT2D eigenvalue weighted by atomic mass is 9.88. The molecule has 1 aliphatic carbocycles. The lowest BCUT2D eigenvalue weighted by molar-refractivity contribution is 0.152. The van der Waals surface area contributed by atoms with Gasteiger partial charge in [-0.25, -0.2) is 4.98 Å². The minimum absolute atomic E-state index is 0.374. The lowest BCUT2D eigenvalue weighted by Crippen LogP contribution is -2.13. The number of pyridine rings is 1. The zero-order chi connectivity index (χ0) is 12.0. The van der Waals surface area contributed by atoms with E-state index < -0.39 is 0 Å². The van der Waals surface area contributed by atoms with Crippen LogP contribution in [-0.2, 0) is 6.42 Å². The molecule has 0 amide bonds. The van der Waals surface area contributed by atoms with Gasteiger partial charge in [0, 0.05) is 5.39 Å². The Kier molecular flexibility index (Phi) is 2.40. The van der Waals surface area contributed by atoms with Crippen LogP contribution in [0.3, 0.4) is 0 Å². The maximum Gasteiger partial charge on any atom is 0.0963 e. The van der Waals surface area contributed by atoms with E-state index in [0.717, 1.165) is 30.5 Å². The minimum atomic E-state index is -0.374. The molecule has 1 aromatic carbocycles. The molecule has 17 heavy (non-hydrogen) atoms. The van der Waals surface area contributed by atoms with Crippen LogP contribution in [0.1, 0.15) is 41.3 Å². The topological polar surface area (TPSA) is 33.1 Å². The molecule has 0 spiro atoms. The molecule has 1 unspecified atom stereocenters. The number of aryl methyl sites for hydroxylation is 2. The number of aliphatic hydroxyl groups excluding tert-OH is 1. The van der Waals surface area contributed by atoms with Gasteiger partial charge in [0.2, 0.25) is 0 Å². The van der Waals surface area contributed by atoms with E-state index in [1.807, 2.05) is 0 Å². The maximum atomic E-state index is 10.1. The fraction of sp³-hybridized carbons (Fsp3) is 0.400. The number of fused-ring (bicyclic) bond motifs is 2. The van der Waals surface area contributed by atoms with Gasteiger partial charge >= 0.3 is 0 Å². The number of nitrogens with zero attached hydrogens (tertiary/aromatic N) is 1. The highest BCUT2D eigenvalue weighted by atomic mass is 16.3. The van der Waals surface area contributed by atoms with Crippen molar-refractivity contribution in [1.82, 2.24) is 4.98 Å². The number of hydrogen-bond donors (Lipinski definition) is 1. The minimum Gasteiger partial charge on any atom is -0.387 e. The van der Waals surface area contributed by atoms with E-state index in [2.05, 4.69) is 32.0 Å². The van der Waals surface area contributed by atoms with Crippen molar-refractivity contribution >= 4 is 10.9 Å². The van der Waals surface area contributed by atoms with Crippen LogP contribution in [0.25, 0.3) is 10.9 Å². The summed E-state index contributed by atoms with van der Waals surface area (Å²) in [6.07, 6.45) is 2.58.